The van der Waals surface area contributed by atoms with Gasteiger partial charge in [-0.2, -0.15) is 33.7 Å². The predicted octanol–water partition coefficient (Wildman–Crippen LogP) is 0.784. The van der Waals surface area contributed by atoms with Crippen LogP contribution in [-0.4, -0.2) is 51.9 Å². The summed E-state index contributed by atoms with van der Waals surface area (Å²) in [6.07, 6.45) is 0. The largest absolute Gasteiger partial charge is 0.294 e. The highest BCUT2D eigenvalue weighted by atomic mass is 32.2. The number of rotatable bonds is 7. The first kappa shape index (κ1) is 24.7. The van der Waals surface area contributed by atoms with E-state index in [9.17, 15) is 33.7 Å². The number of nitrogens with zero attached hydrogens (tertiary/aromatic N) is 2. The Hall–Kier alpha value is -2.52. The van der Waals surface area contributed by atoms with Gasteiger partial charge in [-0.05, 0) is 36.4 Å². The van der Waals surface area contributed by atoms with Gasteiger partial charge in [-0.15, -0.1) is 5.11 Å². The van der Waals surface area contributed by atoms with E-state index < -0.39 is 71.4 Å². The highest BCUT2D eigenvalue weighted by molar-refractivity contribution is 7.87. The van der Waals surface area contributed by atoms with Crippen molar-refractivity contribution in [3.05, 3.63) is 36.4 Å². The van der Waals surface area contributed by atoms with Gasteiger partial charge in [-0.1, -0.05) is 5.22 Å². The Labute approximate surface area is 175 Å². The molecule has 5 N–H and O–H groups in total. The number of anilines is 1. The van der Waals surface area contributed by atoms with Crippen molar-refractivity contribution in [3.8, 4) is 0 Å². The minimum Gasteiger partial charge on any atom is -0.282 e. The Morgan fingerprint density at radius 3 is 1.19 bits per heavy atom. The van der Waals surface area contributed by atoms with Crippen LogP contribution in [0.25, 0.3) is 0 Å². The van der Waals surface area contributed by atoms with Crippen LogP contribution in [0.4, 0.5) is 11.4 Å². The second kappa shape index (κ2) is 8.20. The lowest BCUT2D eigenvalue weighted by molar-refractivity contribution is 0.476. The zero-order valence-electron chi connectivity index (χ0n) is 14.5. The molecule has 0 aliphatic carbocycles. The third-order valence-corrected chi connectivity index (χ3v) is 6.61. The van der Waals surface area contributed by atoms with Crippen LogP contribution in [0.15, 0.2) is 66.3 Å². The topological polar surface area (TPSA) is 254 Å². The smallest absolute Gasteiger partial charge is 0.282 e. The maximum Gasteiger partial charge on any atom is 0.294 e. The summed E-state index contributed by atoms with van der Waals surface area (Å²) in [6, 6.07) is 3.59. The molecular formula is C12H11N3O12S4. The van der Waals surface area contributed by atoms with E-state index in [0.717, 1.165) is 0 Å². The monoisotopic (exact) mass is 517 g/mol. The van der Waals surface area contributed by atoms with Crippen LogP contribution < -0.4 is 5.43 Å². The molecule has 0 atom stereocenters. The van der Waals surface area contributed by atoms with Crippen LogP contribution in [0.3, 0.4) is 0 Å². The van der Waals surface area contributed by atoms with Gasteiger partial charge in [-0.3, -0.25) is 23.6 Å². The molecule has 0 saturated heterocycles. The average molecular weight is 517 g/mol. The normalized spacial score (nSPS) is 13.4. The SMILES string of the molecule is O=S(=O)(O)c1cc(/N=N/Nc2cc(S(=O)(=O)O)cc(S(=O)(=O)O)c2)cc(S(=O)(=O)O)c1. The number of hydrogen-bond acceptors (Lipinski definition) is 10. The van der Waals surface area contributed by atoms with Gasteiger partial charge in [0.2, 0.25) is 0 Å². The summed E-state index contributed by atoms with van der Waals surface area (Å²) in [6.45, 7) is 0. The fourth-order valence-electron chi connectivity index (χ4n) is 1.99. The molecule has 2 aromatic carbocycles. The highest BCUT2D eigenvalue weighted by Crippen LogP contribution is 2.26. The molecule has 0 aliphatic rings. The summed E-state index contributed by atoms with van der Waals surface area (Å²) in [5.74, 6) is 0. The van der Waals surface area contributed by atoms with E-state index >= 15 is 0 Å². The highest BCUT2D eigenvalue weighted by Gasteiger charge is 2.19. The van der Waals surface area contributed by atoms with Crippen LogP contribution in [0.1, 0.15) is 0 Å². The van der Waals surface area contributed by atoms with E-state index in [1.165, 1.54) is 0 Å². The summed E-state index contributed by atoms with van der Waals surface area (Å²) >= 11 is 0. The van der Waals surface area contributed by atoms with Crippen molar-refractivity contribution < 1.29 is 51.9 Å². The summed E-state index contributed by atoms with van der Waals surface area (Å²) < 4.78 is 126. The Morgan fingerprint density at radius 2 is 0.871 bits per heavy atom. The molecule has 0 saturated carbocycles. The molecule has 170 valence electrons. The van der Waals surface area contributed by atoms with E-state index in [-0.39, 0.29) is 0 Å². The summed E-state index contributed by atoms with van der Waals surface area (Å²) in [5.41, 5.74) is 1.05. The maximum atomic E-state index is 11.3. The van der Waals surface area contributed by atoms with E-state index in [2.05, 4.69) is 10.3 Å². The van der Waals surface area contributed by atoms with Gasteiger partial charge >= 0.3 is 0 Å². The van der Waals surface area contributed by atoms with Crippen molar-refractivity contribution in [2.24, 2.45) is 10.3 Å². The third-order valence-electron chi connectivity index (χ3n) is 3.28. The lowest BCUT2D eigenvalue weighted by atomic mass is 10.3. The molecular weight excluding hydrogens is 506 g/mol. The van der Waals surface area contributed by atoms with E-state index in [0.29, 0.717) is 36.4 Å². The average Bonchev–Trinajstić information content (AvgIpc) is 2.58. The van der Waals surface area contributed by atoms with Gasteiger partial charge in [-0.25, -0.2) is 0 Å². The Morgan fingerprint density at radius 1 is 0.548 bits per heavy atom. The van der Waals surface area contributed by atoms with Crippen LogP contribution in [0, 0.1) is 0 Å². The molecule has 0 radical (unpaired) electrons. The van der Waals surface area contributed by atoms with E-state index in [1.54, 1.807) is 0 Å². The predicted molar refractivity (Wildman–Crippen MR) is 100 cm³/mol. The molecule has 0 spiro atoms. The first-order chi connectivity index (χ1) is 13.9. The lowest BCUT2D eigenvalue weighted by Gasteiger charge is -2.06. The number of nitrogens with one attached hydrogen (secondary N) is 1. The lowest BCUT2D eigenvalue weighted by Crippen LogP contribution is -2.04. The minimum atomic E-state index is -4.92. The van der Waals surface area contributed by atoms with E-state index in [1.807, 2.05) is 5.43 Å². The molecule has 2 aromatic rings. The van der Waals surface area contributed by atoms with Crippen molar-refractivity contribution >= 4 is 51.8 Å². The van der Waals surface area contributed by atoms with Crippen molar-refractivity contribution in [3.63, 3.8) is 0 Å². The van der Waals surface area contributed by atoms with Crippen LogP contribution >= 0.6 is 0 Å². The first-order valence-corrected chi connectivity index (χ1v) is 13.0. The maximum absolute atomic E-state index is 11.3. The van der Waals surface area contributed by atoms with Crippen LogP contribution in [0.2, 0.25) is 0 Å². The molecule has 0 aliphatic heterocycles. The molecule has 0 aromatic heterocycles. The fourth-order valence-corrected chi connectivity index (χ4v) is 4.33. The molecule has 0 bridgehead atoms. The Bertz CT molecular complexity index is 1390. The van der Waals surface area contributed by atoms with Crippen molar-refractivity contribution in [2.45, 2.75) is 19.6 Å². The molecule has 0 heterocycles. The second-order valence-corrected chi connectivity index (χ2v) is 11.3. The minimum absolute atomic E-state index is 0.436. The number of hydrogen-bond donors (Lipinski definition) is 5. The molecule has 0 unspecified atom stereocenters. The van der Waals surface area contributed by atoms with Crippen molar-refractivity contribution in [2.75, 3.05) is 5.43 Å². The third kappa shape index (κ3) is 6.73. The molecule has 31 heavy (non-hydrogen) atoms. The number of benzene rings is 2. The van der Waals surface area contributed by atoms with Gasteiger partial charge in [0.1, 0.15) is 0 Å². The summed E-state index contributed by atoms with van der Waals surface area (Å²) in [4.78, 5) is -3.80. The zero-order chi connectivity index (χ0) is 23.8. The van der Waals surface area contributed by atoms with Gasteiger partial charge in [0.15, 0.2) is 0 Å². The molecule has 15 nitrogen and oxygen atoms in total. The summed E-state index contributed by atoms with van der Waals surface area (Å²) in [5, 5.41) is 6.65. The van der Waals surface area contributed by atoms with Crippen molar-refractivity contribution in [1.29, 1.82) is 0 Å². The fraction of sp³-hybridized carbons (Fsp3) is 0. The standard InChI is InChI=1S/C12H11N3O12S4/c16-28(17,18)9-1-7(2-10(5-9)29(19,20)21)13-15-14-8-3-11(30(22,23)24)6-12(4-8)31(25,26)27/h1-6H,(H,13,14)(H,16,17,18)(H,19,20,21)(H,22,23,24)(H,25,26,27). The molecule has 0 fully saturated rings. The van der Waals surface area contributed by atoms with Crippen molar-refractivity contribution in [1.82, 2.24) is 0 Å². The van der Waals surface area contributed by atoms with Crippen LogP contribution in [0.5, 0.6) is 0 Å². The Kier molecular flexibility index (Phi) is 6.54. The second-order valence-electron chi connectivity index (χ2n) is 5.57. The zero-order valence-corrected chi connectivity index (χ0v) is 17.8. The Balaban J connectivity index is 2.51. The van der Waals surface area contributed by atoms with Gasteiger partial charge in [0, 0.05) is 0 Å². The van der Waals surface area contributed by atoms with Gasteiger partial charge in [0.25, 0.3) is 40.5 Å². The quantitative estimate of drug-likeness (QED) is 0.193. The van der Waals surface area contributed by atoms with Gasteiger partial charge in [0.05, 0.1) is 31.0 Å². The molecule has 0 amide bonds. The van der Waals surface area contributed by atoms with Gasteiger partial charge < -0.3 is 0 Å². The van der Waals surface area contributed by atoms with Crippen LogP contribution in [-0.2, 0) is 40.5 Å². The molecule has 19 heteroatoms. The molecule has 2 rings (SSSR count). The first-order valence-electron chi connectivity index (χ1n) is 7.24. The summed E-state index contributed by atoms with van der Waals surface area (Å²) in [7, 11) is -19.6. The van der Waals surface area contributed by atoms with E-state index in [4.69, 9.17) is 18.2 Å².